The Morgan fingerprint density at radius 3 is 2.77 bits per heavy atom. The molecule has 26 heavy (non-hydrogen) atoms. The predicted octanol–water partition coefficient (Wildman–Crippen LogP) is 2.04. The Morgan fingerprint density at radius 1 is 1.19 bits per heavy atom. The molecule has 1 aliphatic heterocycles. The molecule has 7 nitrogen and oxygen atoms in total. The highest BCUT2D eigenvalue weighted by molar-refractivity contribution is 5.60. The van der Waals surface area contributed by atoms with E-state index >= 15 is 0 Å². The zero-order chi connectivity index (χ0) is 17.8. The maximum Gasteiger partial charge on any atom is 0.118 e. The SMILES string of the molecule is COc1ccc(CNC[C@@H]2Cn3nnc(-c4ccncc4)c3CO2)cc1. The van der Waals surface area contributed by atoms with Gasteiger partial charge in [-0.3, -0.25) is 4.98 Å². The maximum absolute atomic E-state index is 6.00. The average molecular weight is 351 g/mol. The first kappa shape index (κ1) is 16.7. The van der Waals surface area contributed by atoms with Crippen molar-refractivity contribution in [2.24, 2.45) is 0 Å². The van der Waals surface area contributed by atoms with Crippen LogP contribution in [0.3, 0.4) is 0 Å². The summed E-state index contributed by atoms with van der Waals surface area (Å²) in [6.07, 6.45) is 3.60. The van der Waals surface area contributed by atoms with Crippen LogP contribution in [0.15, 0.2) is 48.8 Å². The van der Waals surface area contributed by atoms with Crippen LogP contribution in [-0.4, -0.2) is 39.7 Å². The molecule has 0 fully saturated rings. The molecule has 1 aromatic carbocycles. The summed E-state index contributed by atoms with van der Waals surface area (Å²) in [4.78, 5) is 4.05. The van der Waals surface area contributed by atoms with Crippen molar-refractivity contribution in [1.29, 1.82) is 0 Å². The summed E-state index contributed by atoms with van der Waals surface area (Å²) in [5.74, 6) is 0.869. The van der Waals surface area contributed by atoms with Crippen molar-refractivity contribution in [2.45, 2.75) is 25.8 Å². The van der Waals surface area contributed by atoms with Crippen molar-refractivity contribution < 1.29 is 9.47 Å². The normalized spacial score (nSPS) is 16.3. The van der Waals surface area contributed by atoms with Crippen LogP contribution in [0, 0.1) is 0 Å². The highest BCUT2D eigenvalue weighted by Gasteiger charge is 2.24. The summed E-state index contributed by atoms with van der Waals surface area (Å²) in [5.41, 5.74) is 4.11. The lowest BCUT2D eigenvalue weighted by molar-refractivity contribution is 0.00125. The molecule has 3 heterocycles. The summed E-state index contributed by atoms with van der Waals surface area (Å²) in [5, 5.41) is 12.1. The van der Waals surface area contributed by atoms with Gasteiger partial charge in [0.1, 0.15) is 11.4 Å². The molecule has 1 N–H and O–H groups in total. The Kier molecular flexibility index (Phi) is 4.90. The molecule has 0 aliphatic carbocycles. The molecule has 3 aromatic rings. The minimum absolute atomic E-state index is 0.0766. The van der Waals surface area contributed by atoms with E-state index in [0.29, 0.717) is 13.2 Å². The third-order valence-corrected chi connectivity index (χ3v) is 4.48. The fourth-order valence-electron chi connectivity index (χ4n) is 3.04. The van der Waals surface area contributed by atoms with Gasteiger partial charge in [0.05, 0.1) is 32.1 Å². The van der Waals surface area contributed by atoms with Gasteiger partial charge in [-0.25, -0.2) is 4.68 Å². The van der Waals surface area contributed by atoms with Gasteiger partial charge in [-0.2, -0.15) is 0 Å². The van der Waals surface area contributed by atoms with Gasteiger partial charge in [0.25, 0.3) is 0 Å². The van der Waals surface area contributed by atoms with Crippen LogP contribution in [0.4, 0.5) is 0 Å². The van der Waals surface area contributed by atoms with Gasteiger partial charge in [-0.15, -0.1) is 5.10 Å². The van der Waals surface area contributed by atoms with E-state index in [4.69, 9.17) is 9.47 Å². The van der Waals surface area contributed by atoms with E-state index in [0.717, 1.165) is 35.8 Å². The number of pyridine rings is 1. The van der Waals surface area contributed by atoms with E-state index in [1.807, 2.05) is 28.9 Å². The number of aromatic nitrogens is 4. The molecule has 7 heteroatoms. The Balaban J connectivity index is 1.33. The van der Waals surface area contributed by atoms with Crippen LogP contribution in [-0.2, 0) is 24.4 Å². The van der Waals surface area contributed by atoms with Crippen molar-refractivity contribution in [3.63, 3.8) is 0 Å². The minimum atomic E-state index is 0.0766. The highest BCUT2D eigenvalue weighted by Crippen LogP contribution is 2.24. The number of ether oxygens (including phenoxy) is 2. The van der Waals surface area contributed by atoms with Crippen molar-refractivity contribution in [3.8, 4) is 17.0 Å². The zero-order valence-electron chi connectivity index (χ0n) is 14.6. The van der Waals surface area contributed by atoms with E-state index in [1.165, 1.54) is 5.56 Å². The van der Waals surface area contributed by atoms with E-state index in [9.17, 15) is 0 Å². The number of nitrogens with zero attached hydrogens (tertiary/aromatic N) is 4. The number of rotatable bonds is 6. The fraction of sp³-hybridized carbons (Fsp3) is 0.316. The second-order valence-electron chi connectivity index (χ2n) is 6.21. The standard InChI is InChI=1S/C19H21N5O2/c1-25-16-4-2-14(3-5-16)10-21-11-17-12-24-18(13-26-17)19(22-23-24)15-6-8-20-9-7-15/h2-9,17,21H,10-13H2,1H3/t17-/m1/s1. The molecule has 0 bridgehead atoms. The molecule has 0 radical (unpaired) electrons. The van der Waals surface area contributed by atoms with E-state index in [-0.39, 0.29) is 6.10 Å². The van der Waals surface area contributed by atoms with Crippen molar-refractivity contribution in [2.75, 3.05) is 13.7 Å². The summed E-state index contributed by atoms with van der Waals surface area (Å²) in [7, 11) is 1.67. The molecule has 2 aromatic heterocycles. The lowest BCUT2D eigenvalue weighted by Gasteiger charge is -2.24. The van der Waals surface area contributed by atoms with Gasteiger partial charge in [-0.1, -0.05) is 17.3 Å². The summed E-state index contributed by atoms with van der Waals surface area (Å²) < 4.78 is 13.1. The van der Waals surface area contributed by atoms with Crippen LogP contribution in [0.1, 0.15) is 11.3 Å². The van der Waals surface area contributed by atoms with Gasteiger partial charge in [-0.05, 0) is 29.8 Å². The van der Waals surface area contributed by atoms with Gasteiger partial charge in [0.2, 0.25) is 0 Å². The quantitative estimate of drug-likeness (QED) is 0.733. The van der Waals surface area contributed by atoms with E-state index < -0.39 is 0 Å². The first-order chi connectivity index (χ1) is 12.8. The predicted molar refractivity (Wildman–Crippen MR) is 96.5 cm³/mol. The van der Waals surface area contributed by atoms with Crippen molar-refractivity contribution >= 4 is 0 Å². The molecular weight excluding hydrogens is 330 g/mol. The Hall–Kier alpha value is -2.77. The van der Waals surface area contributed by atoms with Crippen LogP contribution in [0.25, 0.3) is 11.3 Å². The zero-order valence-corrected chi connectivity index (χ0v) is 14.6. The second-order valence-corrected chi connectivity index (χ2v) is 6.21. The first-order valence-corrected chi connectivity index (χ1v) is 8.61. The van der Waals surface area contributed by atoms with Gasteiger partial charge < -0.3 is 14.8 Å². The Morgan fingerprint density at radius 2 is 2.00 bits per heavy atom. The number of hydrogen-bond donors (Lipinski definition) is 1. The fourth-order valence-corrected chi connectivity index (χ4v) is 3.04. The lowest BCUT2D eigenvalue weighted by Crippen LogP contribution is -2.36. The molecule has 0 saturated heterocycles. The number of methoxy groups -OCH3 is 1. The molecule has 0 amide bonds. The molecule has 134 valence electrons. The number of benzene rings is 1. The highest BCUT2D eigenvalue weighted by atomic mass is 16.5. The smallest absolute Gasteiger partial charge is 0.118 e. The molecule has 0 spiro atoms. The molecule has 0 unspecified atom stereocenters. The second kappa shape index (κ2) is 7.63. The van der Waals surface area contributed by atoms with Crippen LogP contribution in [0.5, 0.6) is 5.75 Å². The molecule has 1 aliphatic rings. The summed E-state index contributed by atoms with van der Waals surface area (Å²) in [6, 6.07) is 11.9. The summed E-state index contributed by atoms with van der Waals surface area (Å²) >= 11 is 0. The third kappa shape index (κ3) is 3.58. The molecule has 0 saturated carbocycles. The van der Waals surface area contributed by atoms with E-state index in [1.54, 1.807) is 19.5 Å². The number of fused-ring (bicyclic) bond motifs is 1. The topological polar surface area (TPSA) is 74.1 Å². The number of nitrogens with one attached hydrogen (secondary N) is 1. The third-order valence-electron chi connectivity index (χ3n) is 4.48. The van der Waals surface area contributed by atoms with Crippen LogP contribution in [0.2, 0.25) is 0 Å². The van der Waals surface area contributed by atoms with Crippen LogP contribution < -0.4 is 10.1 Å². The van der Waals surface area contributed by atoms with Gasteiger partial charge in [0, 0.05) is 31.0 Å². The van der Waals surface area contributed by atoms with Gasteiger partial charge >= 0.3 is 0 Å². The largest absolute Gasteiger partial charge is 0.497 e. The Bertz CT molecular complexity index is 848. The monoisotopic (exact) mass is 351 g/mol. The lowest BCUT2D eigenvalue weighted by atomic mass is 10.1. The summed E-state index contributed by atoms with van der Waals surface area (Å²) in [6.45, 7) is 2.76. The average Bonchev–Trinajstić information content (AvgIpc) is 3.12. The van der Waals surface area contributed by atoms with Crippen molar-refractivity contribution in [1.82, 2.24) is 25.3 Å². The molecular formula is C19H21N5O2. The first-order valence-electron chi connectivity index (χ1n) is 8.61. The van der Waals surface area contributed by atoms with Crippen molar-refractivity contribution in [3.05, 3.63) is 60.0 Å². The molecule has 4 rings (SSSR count). The van der Waals surface area contributed by atoms with E-state index in [2.05, 4.69) is 32.7 Å². The van der Waals surface area contributed by atoms with Crippen LogP contribution >= 0.6 is 0 Å². The van der Waals surface area contributed by atoms with Gasteiger partial charge in [0.15, 0.2) is 0 Å². The number of hydrogen-bond acceptors (Lipinski definition) is 6. The maximum atomic E-state index is 6.00. The molecule has 1 atom stereocenters. The minimum Gasteiger partial charge on any atom is -0.497 e. The Labute approximate surface area is 152 Å².